The van der Waals surface area contributed by atoms with Crippen molar-refractivity contribution in [2.75, 3.05) is 26.0 Å². The molecule has 0 aliphatic rings. The molecular weight excluding hydrogens is 413 g/mol. The summed E-state index contributed by atoms with van der Waals surface area (Å²) in [6.07, 6.45) is 0. The Morgan fingerprint density at radius 3 is 2.52 bits per heavy atom. The standard InChI is InChI=1S/C20H23BrFN3O2/c1-14(20(27)25(3)12-15-7-6-8-16(22)11-15)24(2)13-19(26)23-18-10-5-4-9-17(18)21/h4-11,14H,12-13H2,1-3H3,(H,23,26). The van der Waals surface area contributed by atoms with Crippen LogP contribution in [0.3, 0.4) is 0 Å². The molecule has 1 atom stereocenters. The molecule has 0 aromatic heterocycles. The number of para-hydroxylation sites is 1. The maximum atomic E-state index is 13.3. The van der Waals surface area contributed by atoms with Gasteiger partial charge in [-0.15, -0.1) is 0 Å². The first kappa shape index (κ1) is 21.1. The summed E-state index contributed by atoms with van der Waals surface area (Å²) in [5.41, 5.74) is 1.39. The van der Waals surface area contributed by atoms with Crippen molar-refractivity contribution >= 4 is 33.4 Å². The second-order valence-electron chi connectivity index (χ2n) is 6.44. The zero-order valence-corrected chi connectivity index (χ0v) is 17.2. The van der Waals surface area contributed by atoms with Gasteiger partial charge in [0.2, 0.25) is 11.8 Å². The van der Waals surface area contributed by atoms with Gasteiger partial charge in [-0.2, -0.15) is 0 Å². The van der Waals surface area contributed by atoms with Crippen molar-refractivity contribution in [3.05, 3.63) is 64.4 Å². The summed E-state index contributed by atoms with van der Waals surface area (Å²) in [5, 5.41) is 2.82. The lowest BCUT2D eigenvalue weighted by Gasteiger charge is -2.28. The molecule has 2 aromatic rings. The molecule has 2 aromatic carbocycles. The van der Waals surface area contributed by atoms with Gasteiger partial charge in [-0.3, -0.25) is 14.5 Å². The van der Waals surface area contributed by atoms with Crippen LogP contribution in [-0.2, 0) is 16.1 Å². The van der Waals surface area contributed by atoms with E-state index in [4.69, 9.17) is 0 Å². The highest BCUT2D eigenvalue weighted by atomic mass is 79.9. The highest BCUT2D eigenvalue weighted by Crippen LogP contribution is 2.21. The summed E-state index contributed by atoms with van der Waals surface area (Å²) in [4.78, 5) is 28.1. The van der Waals surface area contributed by atoms with Gasteiger partial charge >= 0.3 is 0 Å². The molecule has 144 valence electrons. The number of rotatable bonds is 7. The van der Waals surface area contributed by atoms with Crippen LogP contribution in [0.15, 0.2) is 53.0 Å². The second kappa shape index (κ2) is 9.62. The van der Waals surface area contributed by atoms with Crippen LogP contribution in [0.2, 0.25) is 0 Å². The molecule has 0 saturated heterocycles. The maximum Gasteiger partial charge on any atom is 0.239 e. The van der Waals surface area contributed by atoms with Gasteiger partial charge in [-0.05, 0) is 59.7 Å². The van der Waals surface area contributed by atoms with Crippen molar-refractivity contribution in [3.63, 3.8) is 0 Å². The first-order valence-corrected chi connectivity index (χ1v) is 9.31. The van der Waals surface area contributed by atoms with E-state index in [0.29, 0.717) is 17.8 Å². The third-order valence-electron chi connectivity index (χ3n) is 4.24. The molecule has 27 heavy (non-hydrogen) atoms. The van der Waals surface area contributed by atoms with Crippen LogP contribution in [0.4, 0.5) is 10.1 Å². The van der Waals surface area contributed by atoms with Gasteiger partial charge < -0.3 is 10.2 Å². The van der Waals surface area contributed by atoms with E-state index in [0.717, 1.165) is 4.47 Å². The third kappa shape index (κ3) is 6.15. The maximum absolute atomic E-state index is 13.3. The number of hydrogen-bond acceptors (Lipinski definition) is 3. The van der Waals surface area contributed by atoms with Crippen molar-refractivity contribution in [3.8, 4) is 0 Å². The predicted octanol–water partition coefficient (Wildman–Crippen LogP) is 3.51. The second-order valence-corrected chi connectivity index (χ2v) is 7.30. The highest BCUT2D eigenvalue weighted by molar-refractivity contribution is 9.10. The molecule has 0 bridgehead atoms. The normalized spacial score (nSPS) is 11.9. The zero-order valence-electron chi connectivity index (χ0n) is 15.6. The SMILES string of the molecule is CC(C(=O)N(C)Cc1cccc(F)c1)N(C)CC(=O)Nc1ccccc1Br. The quantitative estimate of drug-likeness (QED) is 0.723. The Bertz CT molecular complexity index is 815. The number of halogens is 2. The van der Waals surface area contributed by atoms with Gasteiger partial charge in [0.25, 0.3) is 0 Å². The molecule has 0 spiro atoms. The lowest BCUT2D eigenvalue weighted by molar-refractivity contribution is -0.135. The lowest BCUT2D eigenvalue weighted by Crippen LogP contribution is -2.46. The number of benzene rings is 2. The fourth-order valence-corrected chi connectivity index (χ4v) is 2.99. The summed E-state index contributed by atoms with van der Waals surface area (Å²) in [6.45, 7) is 2.12. The molecule has 0 aliphatic heterocycles. The minimum Gasteiger partial charge on any atom is -0.340 e. The summed E-state index contributed by atoms with van der Waals surface area (Å²) < 4.78 is 14.1. The van der Waals surface area contributed by atoms with Crippen LogP contribution in [0.5, 0.6) is 0 Å². The number of amides is 2. The van der Waals surface area contributed by atoms with Gasteiger partial charge in [0.1, 0.15) is 5.82 Å². The molecular formula is C20H23BrFN3O2. The molecule has 1 unspecified atom stereocenters. The van der Waals surface area contributed by atoms with Gasteiger partial charge in [-0.1, -0.05) is 24.3 Å². The number of nitrogens with one attached hydrogen (secondary N) is 1. The van der Waals surface area contributed by atoms with Crippen LogP contribution in [0, 0.1) is 5.82 Å². The minimum absolute atomic E-state index is 0.0715. The summed E-state index contributed by atoms with van der Waals surface area (Å²) in [5.74, 6) is -0.686. The van der Waals surface area contributed by atoms with Gasteiger partial charge in [0.15, 0.2) is 0 Å². The van der Waals surface area contributed by atoms with E-state index < -0.39 is 6.04 Å². The van der Waals surface area contributed by atoms with Crippen molar-refractivity contribution in [1.82, 2.24) is 9.80 Å². The molecule has 0 aliphatic carbocycles. The van der Waals surface area contributed by atoms with Crippen LogP contribution >= 0.6 is 15.9 Å². The molecule has 5 nitrogen and oxygen atoms in total. The van der Waals surface area contributed by atoms with Crippen LogP contribution in [-0.4, -0.2) is 48.3 Å². The van der Waals surface area contributed by atoms with E-state index in [1.54, 1.807) is 44.1 Å². The van der Waals surface area contributed by atoms with E-state index in [2.05, 4.69) is 21.2 Å². The molecule has 2 amide bonds. The Labute approximate surface area is 167 Å². The number of anilines is 1. The molecule has 0 saturated carbocycles. The highest BCUT2D eigenvalue weighted by Gasteiger charge is 2.23. The molecule has 1 N–H and O–H groups in total. The first-order valence-electron chi connectivity index (χ1n) is 8.52. The minimum atomic E-state index is -0.492. The van der Waals surface area contributed by atoms with Gasteiger partial charge in [0, 0.05) is 18.1 Å². The van der Waals surface area contributed by atoms with E-state index in [1.807, 2.05) is 18.2 Å². The van der Waals surface area contributed by atoms with Crippen molar-refractivity contribution in [2.24, 2.45) is 0 Å². The lowest BCUT2D eigenvalue weighted by atomic mass is 10.2. The summed E-state index contributed by atoms with van der Waals surface area (Å²) in [7, 11) is 3.39. The van der Waals surface area contributed by atoms with E-state index in [9.17, 15) is 14.0 Å². The fourth-order valence-electron chi connectivity index (χ4n) is 2.61. The van der Waals surface area contributed by atoms with Gasteiger partial charge in [-0.25, -0.2) is 4.39 Å². The molecule has 7 heteroatoms. The number of carbonyl (C=O) groups is 2. The summed E-state index contributed by atoms with van der Waals surface area (Å²) >= 11 is 3.38. The van der Waals surface area contributed by atoms with Crippen molar-refractivity contribution < 1.29 is 14.0 Å². The Hall–Kier alpha value is -2.25. The number of likely N-dealkylation sites (N-methyl/N-ethyl adjacent to an activating group) is 2. The molecule has 0 radical (unpaired) electrons. The van der Waals surface area contributed by atoms with Crippen LogP contribution in [0.1, 0.15) is 12.5 Å². The third-order valence-corrected chi connectivity index (χ3v) is 4.94. The smallest absolute Gasteiger partial charge is 0.239 e. The summed E-state index contributed by atoms with van der Waals surface area (Å²) in [6, 6.07) is 13.0. The number of hydrogen-bond donors (Lipinski definition) is 1. The largest absolute Gasteiger partial charge is 0.340 e. The molecule has 0 heterocycles. The Morgan fingerprint density at radius 1 is 1.15 bits per heavy atom. The van der Waals surface area contributed by atoms with Crippen LogP contribution < -0.4 is 5.32 Å². The topological polar surface area (TPSA) is 52.7 Å². The Morgan fingerprint density at radius 2 is 1.85 bits per heavy atom. The van der Waals surface area contributed by atoms with Crippen molar-refractivity contribution in [2.45, 2.75) is 19.5 Å². The van der Waals surface area contributed by atoms with Gasteiger partial charge in [0.05, 0.1) is 18.3 Å². The number of nitrogens with zero attached hydrogens (tertiary/aromatic N) is 2. The van der Waals surface area contributed by atoms with E-state index in [1.165, 1.54) is 17.0 Å². The average molecular weight is 436 g/mol. The fraction of sp³-hybridized carbons (Fsp3) is 0.300. The molecule has 2 rings (SSSR count). The monoisotopic (exact) mass is 435 g/mol. The average Bonchev–Trinajstić information content (AvgIpc) is 2.62. The Balaban J connectivity index is 1.91. The first-order chi connectivity index (χ1) is 12.8. The Kier molecular flexibility index (Phi) is 7.50. The van der Waals surface area contributed by atoms with Crippen molar-refractivity contribution in [1.29, 1.82) is 0 Å². The molecule has 0 fully saturated rings. The number of carbonyl (C=O) groups excluding carboxylic acids is 2. The van der Waals surface area contributed by atoms with Crippen LogP contribution in [0.25, 0.3) is 0 Å². The zero-order chi connectivity index (χ0) is 20.0. The van der Waals surface area contributed by atoms with E-state index >= 15 is 0 Å². The predicted molar refractivity (Wildman–Crippen MR) is 108 cm³/mol. The van der Waals surface area contributed by atoms with E-state index in [-0.39, 0.29) is 24.2 Å².